The lowest BCUT2D eigenvalue weighted by Crippen LogP contribution is -2.52. The molecule has 140 valence electrons. The number of anilines is 1. The number of carbonyl (C=O) groups excluding carboxylic acids is 2. The maximum absolute atomic E-state index is 12.7. The highest BCUT2D eigenvalue weighted by Crippen LogP contribution is 2.30. The first-order valence-electron chi connectivity index (χ1n) is 8.79. The second kappa shape index (κ2) is 7.07. The quantitative estimate of drug-likeness (QED) is 0.828. The number of aryl methyl sites for hydroxylation is 1. The Morgan fingerprint density at radius 1 is 1.38 bits per heavy atom. The van der Waals surface area contributed by atoms with Gasteiger partial charge in [-0.25, -0.2) is 0 Å². The van der Waals surface area contributed by atoms with Gasteiger partial charge in [-0.3, -0.25) is 14.4 Å². The van der Waals surface area contributed by atoms with E-state index in [1.165, 1.54) is 0 Å². The Kier molecular flexibility index (Phi) is 5.00. The van der Waals surface area contributed by atoms with E-state index in [9.17, 15) is 14.4 Å². The Bertz CT molecular complexity index is 739. The molecule has 2 saturated heterocycles. The molecule has 2 unspecified atom stereocenters. The van der Waals surface area contributed by atoms with Crippen molar-refractivity contribution in [2.24, 2.45) is 5.92 Å². The lowest BCUT2D eigenvalue weighted by molar-refractivity contribution is -0.139. The monoisotopic (exact) mass is 360 g/mol. The zero-order valence-corrected chi connectivity index (χ0v) is 15.1. The number of hydrogen-bond donors (Lipinski definition) is 2. The Balaban J connectivity index is 1.72. The van der Waals surface area contributed by atoms with Crippen LogP contribution in [-0.2, 0) is 19.1 Å². The largest absolute Gasteiger partial charge is 0.481 e. The summed E-state index contributed by atoms with van der Waals surface area (Å²) in [6, 6.07) is 5.77. The van der Waals surface area contributed by atoms with Crippen LogP contribution < -0.4 is 10.2 Å². The molecule has 7 heteroatoms. The van der Waals surface area contributed by atoms with Gasteiger partial charge in [0.1, 0.15) is 0 Å². The average Bonchev–Trinajstić information content (AvgIpc) is 3.16. The van der Waals surface area contributed by atoms with Crippen LogP contribution in [0.2, 0.25) is 0 Å². The second-order valence-electron chi connectivity index (χ2n) is 7.27. The number of carboxylic acids is 1. The van der Waals surface area contributed by atoms with Crippen LogP contribution in [0.1, 0.15) is 30.4 Å². The molecule has 2 aliphatic rings. The van der Waals surface area contributed by atoms with Gasteiger partial charge >= 0.3 is 5.97 Å². The van der Waals surface area contributed by atoms with Gasteiger partial charge in [0, 0.05) is 25.3 Å². The van der Waals surface area contributed by atoms with Crippen molar-refractivity contribution in [2.75, 3.05) is 24.7 Å². The Hall–Kier alpha value is -2.41. The van der Waals surface area contributed by atoms with E-state index in [4.69, 9.17) is 9.84 Å². The molecule has 0 aliphatic carbocycles. The lowest BCUT2D eigenvalue weighted by Gasteiger charge is -2.28. The molecule has 3 rings (SSSR count). The summed E-state index contributed by atoms with van der Waals surface area (Å²) in [5.74, 6) is -1.84. The van der Waals surface area contributed by atoms with Crippen LogP contribution in [0.25, 0.3) is 0 Å². The summed E-state index contributed by atoms with van der Waals surface area (Å²) in [5, 5.41) is 12.0. The number of nitrogens with zero attached hydrogens (tertiary/aromatic N) is 1. The van der Waals surface area contributed by atoms with Crippen molar-refractivity contribution >= 4 is 23.5 Å². The molecule has 2 atom stereocenters. The zero-order chi connectivity index (χ0) is 18.9. The molecule has 1 aromatic carbocycles. The standard InChI is InChI=1S/C19H24N2O5/c1-12-4-3-5-15(13(12)2)21-10-14(8-16(21)22)18(25)20-19(9-17(23)24)6-7-26-11-19/h3-5,14H,6-11H2,1-2H3,(H,20,25)(H,23,24). The third-order valence-electron chi connectivity index (χ3n) is 5.34. The minimum absolute atomic E-state index is 0.0891. The van der Waals surface area contributed by atoms with Crippen molar-refractivity contribution in [1.82, 2.24) is 5.32 Å². The summed E-state index contributed by atoms with van der Waals surface area (Å²) in [5.41, 5.74) is 2.06. The van der Waals surface area contributed by atoms with Crippen molar-refractivity contribution in [3.63, 3.8) is 0 Å². The topological polar surface area (TPSA) is 95.9 Å². The van der Waals surface area contributed by atoms with E-state index in [-0.39, 0.29) is 31.3 Å². The first-order chi connectivity index (χ1) is 12.3. The minimum Gasteiger partial charge on any atom is -0.481 e. The van der Waals surface area contributed by atoms with Crippen molar-refractivity contribution < 1.29 is 24.2 Å². The van der Waals surface area contributed by atoms with Gasteiger partial charge in [-0.15, -0.1) is 0 Å². The molecule has 1 aromatic rings. The highest BCUT2D eigenvalue weighted by molar-refractivity contribution is 6.01. The third kappa shape index (κ3) is 3.58. The number of ether oxygens (including phenoxy) is 1. The molecule has 0 radical (unpaired) electrons. The Labute approximate surface area is 152 Å². The van der Waals surface area contributed by atoms with E-state index in [1.807, 2.05) is 32.0 Å². The minimum atomic E-state index is -0.977. The molecule has 0 saturated carbocycles. The molecule has 26 heavy (non-hydrogen) atoms. The fourth-order valence-electron chi connectivity index (χ4n) is 3.69. The second-order valence-corrected chi connectivity index (χ2v) is 7.27. The number of amides is 2. The molecule has 7 nitrogen and oxygen atoms in total. The van der Waals surface area contributed by atoms with E-state index in [0.717, 1.165) is 16.8 Å². The predicted octanol–water partition coefficient (Wildman–Crippen LogP) is 1.41. The van der Waals surface area contributed by atoms with Gasteiger partial charge < -0.3 is 20.1 Å². The highest BCUT2D eigenvalue weighted by atomic mass is 16.5. The average molecular weight is 360 g/mol. The summed E-state index contributed by atoms with van der Waals surface area (Å²) in [4.78, 5) is 38.0. The molecule has 0 aromatic heterocycles. The first kappa shape index (κ1) is 18.4. The Morgan fingerprint density at radius 2 is 2.15 bits per heavy atom. The molecule has 0 bridgehead atoms. The van der Waals surface area contributed by atoms with Crippen LogP contribution in [0, 0.1) is 19.8 Å². The van der Waals surface area contributed by atoms with Crippen LogP contribution in [0.4, 0.5) is 5.69 Å². The maximum Gasteiger partial charge on any atom is 0.305 e. The van der Waals surface area contributed by atoms with Crippen LogP contribution >= 0.6 is 0 Å². The normalized spacial score (nSPS) is 25.5. The van der Waals surface area contributed by atoms with Gasteiger partial charge in [0.05, 0.1) is 24.5 Å². The zero-order valence-electron chi connectivity index (χ0n) is 15.1. The maximum atomic E-state index is 12.7. The van der Waals surface area contributed by atoms with Gasteiger partial charge in [-0.2, -0.15) is 0 Å². The van der Waals surface area contributed by atoms with E-state index in [2.05, 4.69) is 5.32 Å². The van der Waals surface area contributed by atoms with E-state index < -0.39 is 17.4 Å². The summed E-state index contributed by atoms with van der Waals surface area (Å²) >= 11 is 0. The number of nitrogens with one attached hydrogen (secondary N) is 1. The number of hydrogen-bond acceptors (Lipinski definition) is 4. The van der Waals surface area contributed by atoms with E-state index in [1.54, 1.807) is 4.90 Å². The molecular weight excluding hydrogens is 336 g/mol. The van der Waals surface area contributed by atoms with Crippen molar-refractivity contribution in [3.05, 3.63) is 29.3 Å². The van der Waals surface area contributed by atoms with Crippen LogP contribution in [-0.4, -0.2) is 48.2 Å². The molecule has 2 amide bonds. The highest BCUT2D eigenvalue weighted by Gasteiger charge is 2.42. The number of benzene rings is 1. The fraction of sp³-hybridized carbons (Fsp3) is 0.526. The van der Waals surface area contributed by atoms with Crippen molar-refractivity contribution in [3.8, 4) is 0 Å². The van der Waals surface area contributed by atoms with Crippen LogP contribution in [0.5, 0.6) is 0 Å². The van der Waals surface area contributed by atoms with Crippen molar-refractivity contribution in [2.45, 2.75) is 38.6 Å². The lowest BCUT2D eigenvalue weighted by atomic mass is 9.93. The van der Waals surface area contributed by atoms with E-state index in [0.29, 0.717) is 19.6 Å². The smallest absolute Gasteiger partial charge is 0.305 e. The summed E-state index contributed by atoms with van der Waals surface area (Å²) in [6.07, 6.45) is 0.412. The summed E-state index contributed by atoms with van der Waals surface area (Å²) in [7, 11) is 0. The van der Waals surface area contributed by atoms with Gasteiger partial charge in [-0.05, 0) is 37.5 Å². The summed E-state index contributed by atoms with van der Waals surface area (Å²) < 4.78 is 5.31. The number of aliphatic carboxylic acids is 1. The number of rotatable bonds is 5. The van der Waals surface area contributed by atoms with E-state index >= 15 is 0 Å². The van der Waals surface area contributed by atoms with Gasteiger partial charge in [-0.1, -0.05) is 12.1 Å². The number of carbonyl (C=O) groups is 3. The van der Waals surface area contributed by atoms with Crippen LogP contribution in [0.15, 0.2) is 18.2 Å². The predicted molar refractivity (Wildman–Crippen MR) is 94.9 cm³/mol. The molecule has 2 aliphatic heterocycles. The first-order valence-corrected chi connectivity index (χ1v) is 8.79. The van der Waals surface area contributed by atoms with Crippen LogP contribution in [0.3, 0.4) is 0 Å². The molecule has 2 N–H and O–H groups in total. The summed E-state index contributed by atoms with van der Waals surface area (Å²) in [6.45, 7) is 4.86. The van der Waals surface area contributed by atoms with Crippen molar-refractivity contribution in [1.29, 1.82) is 0 Å². The third-order valence-corrected chi connectivity index (χ3v) is 5.34. The Morgan fingerprint density at radius 3 is 2.81 bits per heavy atom. The SMILES string of the molecule is Cc1cccc(N2CC(C(=O)NC3(CC(=O)O)CCOC3)CC2=O)c1C. The molecular formula is C19H24N2O5. The van der Waals surface area contributed by atoms with Gasteiger partial charge in [0.2, 0.25) is 11.8 Å². The molecule has 2 heterocycles. The molecule has 2 fully saturated rings. The fourth-order valence-corrected chi connectivity index (χ4v) is 3.69. The van der Waals surface area contributed by atoms with Gasteiger partial charge in [0.25, 0.3) is 0 Å². The molecule has 0 spiro atoms. The number of carboxylic acid groups (broad SMARTS) is 1. The van der Waals surface area contributed by atoms with Gasteiger partial charge in [0.15, 0.2) is 0 Å².